The Morgan fingerprint density at radius 3 is 2.09 bits per heavy atom. The van der Waals surface area contributed by atoms with Crippen LogP contribution in [0.25, 0.3) is 0 Å². The lowest BCUT2D eigenvalue weighted by atomic mass is 9.91. The van der Waals surface area contributed by atoms with Gasteiger partial charge in [-0.1, -0.05) is 69.1 Å². The number of hydrogen-bond acceptors (Lipinski definition) is 3. The van der Waals surface area contributed by atoms with Crippen molar-refractivity contribution in [2.45, 2.75) is 57.3 Å². The fourth-order valence-electron chi connectivity index (χ4n) is 4.09. The summed E-state index contributed by atoms with van der Waals surface area (Å²) in [6.07, 6.45) is 0.897. The highest BCUT2D eigenvalue weighted by molar-refractivity contribution is 7.89. The number of nitrogens with one attached hydrogen (secondary N) is 1. The second-order valence-corrected chi connectivity index (χ2v) is 11.6. The molecule has 0 atom stereocenters. The zero-order valence-corrected chi connectivity index (χ0v) is 21.2. The van der Waals surface area contributed by atoms with Gasteiger partial charge in [-0.05, 0) is 54.0 Å². The molecule has 8 heteroatoms. The Hall–Kier alpha value is -1.60. The number of sulfonamides is 1. The molecule has 1 heterocycles. The second kappa shape index (κ2) is 10.1. The Balaban J connectivity index is 1.74. The van der Waals surface area contributed by atoms with Gasteiger partial charge in [-0.25, -0.2) is 8.42 Å². The Labute approximate surface area is 201 Å². The fourth-order valence-corrected chi connectivity index (χ4v) is 6.30. The summed E-state index contributed by atoms with van der Waals surface area (Å²) in [5, 5.41) is 3.62. The van der Waals surface area contributed by atoms with Crippen LogP contribution >= 0.6 is 23.2 Å². The fraction of sp³-hybridized carbons (Fsp3) is 0.458. The van der Waals surface area contributed by atoms with Crippen molar-refractivity contribution in [2.75, 3.05) is 18.4 Å². The van der Waals surface area contributed by atoms with Gasteiger partial charge in [0.25, 0.3) is 0 Å². The summed E-state index contributed by atoms with van der Waals surface area (Å²) >= 11 is 12.1. The number of amides is 1. The summed E-state index contributed by atoms with van der Waals surface area (Å²) in [5.74, 6) is 0.242. The van der Waals surface area contributed by atoms with E-state index in [1.807, 2.05) is 6.07 Å². The minimum absolute atomic E-state index is 0.00186. The number of carbonyl (C=O) groups is 1. The summed E-state index contributed by atoms with van der Waals surface area (Å²) < 4.78 is 27.5. The van der Waals surface area contributed by atoms with Crippen LogP contribution in [-0.4, -0.2) is 31.7 Å². The van der Waals surface area contributed by atoms with Gasteiger partial charge in [0, 0.05) is 29.7 Å². The van der Waals surface area contributed by atoms with Gasteiger partial charge in [0.2, 0.25) is 15.9 Å². The number of benzene rings is 2. The van der Waals surface area contributed by atoms with Crippen molar-refractivity contribution in [1.82, 2.24) is 4.31 Å². The number of anilines is 1. The molecule has 1 aliphatic heterocycles. The van der Waals surface area contributed by atoms with Crippen LogP contribution in [0.4, 0.5) is 5.69 Å². The number of carbonyl (C=O) groups excluding carboxylic acids is 1. The Bertz CT molecular complexity index is 1070. The molecule has 0 radical (unpaired) electrons. The average molecular weight is 497 g/mol. The summed E-state index contributed by atoms with van der Waals surface area (Å²) in [6.45, 7) is 8.95. The maximum Gasteiger partial charge on any atom is 0.244 e. The van der Waals surface area contributed by atoms with E-state index in [2.05, 4.69) is 45.1 Å². The number of halogens is 2. The van der Waals surface area contributed by atoms with E-state index >= 15 is 0 Å². The summed E-state index contributed by atoms with van der Waals surface area (Å²) in [4.78, 5) is 13.1. The third kappa shape index (κ3) is 5.30. The van der Waals surface area contributed by atoms with Crippen LogP contribution in [0.1, 0.15) is 63.5 Å². The van der Waals surface area contributed by atoms with E-state index in [1.54, 1.807) is 6.07 Å². The molecule has 3 rings (SSSR count). The van der Waals surface area contributed by atoms with Crippen LogP contribution in [0.2, 0.25) is 10.0 Å². The van der Waals surface area contributed by atoms with Gasteiger partial charge < -0.3 is 5.32 Å². The molecule has 1 aliphatic rings. The first-order valence-corrected chi connectivity index (χ1v) is 13.1. The van der Waals surface area contributed by atoms with Crippen LogP contribution in [0.3, 0.4) is 0 Å². The van der Waals surface area contributed by atoms with Crippen LogP contribution in [0.5, 0.6) is 0 Å². The number of para-hydroxylation sites is 1. The van der Waals surface area contributed by atoms with E-state index in [-0.39, 0.29) is 46.7 Å². The molecule has 174 valence electrons. The van der Waals surface area contributed by atoms with Crippen molar-refractivity contribution >= 4 is 44.8 Å². The largest absolute Gasteiger partial charge is 0.325 e. The molecule has 5 nitrogen and oxygen atoms in total. The van der Waals surface area contributed by atoms with Crippen molar-refractivity contribution < 1.29 is 13.2 Å². The third-order valence-corrected chi connectivity index (χ3v) is 8.57. The van der Waals surface area contributed by atoms with Gasteiger partial charge in [-0.2, -0.15) is 4.31 Å². The highest BCUT2D eigenvalue weighted by Gasteiger charge is 2.33. The van der Waals surface area contributed by atoms with Crippen molar-refractivity contribution in [3.05, 3.63) is 57.6 Å². The van der Waals surface area contributed by atoms with E-state index in [4.69, 9.17) is 23.2 Å². The molecule has 0 aromatic heterocycles. The number of piperidine rings is 1. The van der Waals surface area contributed by atoms with Gasteiger partial charge in [-0.3, -0.25) is 4.79 Å². The first-order valence-electron chi connectivity index (χ1n) is 10.9. The standard InChI is InChI=1S/C24H30Cl2N2O3S/c1-15(2)19-6-5-7-20(16(3)4)23(19)27-24(29)17-10-12-28(13-11-17)32(30,31)22-14-18(25)8-9-21(22)26/h5-9,14-17H,10-13H2,1-4H3,(H,27,29). The monoisotopic (exact) mass is 496 g/mol. The smallest absolute Gasteiger partial charge is 0.244 e. The molecular weight excluding hydrogens is 467 g/mol. The highest BCUT2D eigenvalue weighted by atomic mass is 35.5. The zero-order valence-electron chi connectivity index (χ0n) is 18.9. The maximum absolute atomic E-state index is 13.1. The molecule has 0 bridgehead atoms. The quantitative estimate of drug-likeness (QED) is 0.511. The van der Waals surface area contributed by atoms with Crippen LogP contribution < -0.4 is 5.32 Å². The molecule has 1 amide bonds. The van der Waals surface area contributed by atoms with Crippen LogP contribution in [0.15, 0.2) is 41.3 Å². The van der Waals surface area contributed by atoms with Crippen molar-refractivity contribution in [2.24, 2.45) is 5.92 Å². The summed E-state index contributed by atoms with van der Waals surface area (Å²) in [6, 6.07) is 10.5. The first-order chi connectivity index (χ1) is 15.0. The molecule has 1 N–H and O–H groups in total. The predicted octanol–water partition coefficient (Wildman–Crippen LogP) is 6.28. The molecule has 0 unspecified atom stereocenters. The van der Waals surface area contributed by atoms with Gasteiger partial charge in [0.15, 0.2) is 0 Å². The molecule has 0 spiro atoms. The minimum Gasteiger partial charge on any atom is -0.325 e. The van der Waals surface area contributed by atoms with Gasteiger partial charge in [0.05, 0.1) is 5.02 Å². The van der Waals surface area contributed by atoms with E-state index in [1.165, 1.54) is 16.4 Å². The predicted molar refractivity (Wildman–Crippen MR) is 131 cm³/mol. The molecule has 0 aliphatic carbocycles. The van der Waals surface area contributed by atoms with E-state index in [0.717, 1.165) is 16.8 Å². The first kappa shape index (κ1) is 25.0. The number of nitrogens with zero attached hydrogens (tertiary/aromatic N) is 1. The van der Waals surface area contributed by atoms with Gasteiger partial charge in [0.1, 0.15) is 4.90 Å². The molecular formula is C24H30Cl2N2O3S. The molecule has 1 saturated heterocycles. The molecule has 2 aromatic rings. The van der Waals surface area contributed by atoms with Gasteiger partial charge in [-0.15, -0.1) is 0 Å². The van der Waals surface area contributed by atoms with Crippen LogP contribution in [0, 0.1) is 5.92 Å². The van der Waals surface area contributed by atoms with Gasteiger partial charge >= 0.3 is 0 Å². The summed E-state index contributed by atoms with van der Waals surface area (Å²) in [5.41, 5.74) is 3.11. The van der Waals surface area contributed by atoms with Crippen LogP contribution in [-0.2, 0) is 14.8 Å². The van der Waals surface area contributed by atoms with Crippen molar-refractivity contribution in [3.8, 4) is 0 Å². The van der Waals surface area contributed by atoms with E-state index < -0.39 is 10.0 Å². The lowest BCUT2D eigenvalue weighted by Gasteiger charge is -2.31. The maximum atomic E-state index is 13.1. The molecule has 1 fully saturated rings. The average Bonchev–Trinajstić information content (AvgIpc) is 2.75. The lowest BCUT2D eigenvalue weighted by Crippen LogP contribution is -2.41. The number of hydrogen-bond donors (Lipinski definition) is 1. The van der Waals surface area contributed by atoms with E-state index in [0.29, 0.717) is 17.9 Å². The topological polar surface area (TPSA) is 66.5 Å². The summed E-state index contributed by atoms with van der Waals surface area (Å²) in [7, 11) is -3.77. The highest BCUT2D eigenvalue weighted by Crippen LogP contribution is 2.34. The molecule has 2 aromatic carbocycles. The Morgan fingerprint density at radius 1 is 1.00 bits per heavy atom. The minimum atomic E-state index is -3.77. The SMILES string of the molecule is CC(C)c1cccc(C(C)C)c1NC(=O)C1CCN(S(=O)(=O)c2cc(Cl)ccc2Cl)CC1. The van der Waals surface area contributed by atoms with E-state index in [9.17, 15) is 13.2 Å². The Morgan fingerprint density at radius 2 is 1.56 bits per heavy atom. The normalized spacial score (nSPS) is 16.0. The Kier molecular flexibility index (Phi) is 7.92. The van der Waals surface area contributed by atoms with Crippen molar-refractivity contribution in [3.63, 3.8) is 0 Å². The zero-order chi connectivity index (χ0) is 23.6. The van der Waals surface area contributed by atoms with Crippen molar-refractivity contribution in [1.29, 1.82) is 0 Å². The third-order valence-electron chi connectivity index (χ3n) is 5.96. The molecule has 32 heavy (non-hydrogen) atoms. The lowest BCUT2D eigenvalue weighted by molar-refractivity contribution is -0.120. The second-order valence-electron chi connectivity index (χ2n) is 8.86. The molecule has 0 saturated carbocycles. The number of rotatable bonds is 6.